The average molecular weight is 377 g/mol. The molecular weight excluding hydrogens is 358 g/mol. The van der Waals surface area contributed by atoms with Gasteiger partial charge < -0.3 is 5.32 Å². The zero-order valence-corrected chi connectivity index (χ0v) is 15.7. The second-order valence-corrected chi connectivity index (χ2v) is 8.10. The molecule has 0 aliphatic heterocycles. The van der Waals surface area contributed by atoms with Crippen LogP contribution in [0.4, 0.5) is 5.69 Å². The van der Waals surface area contributed by atoms with Gasteiger partial charge in [-0.05, 0) is 55.0 Å². The van der Waals surface area contributed by atoms with Crippen LogP contribution in [0.3, 0.4) is 0 Å². The Balaban J connectivity index is 2.04. The van der Waals surface area contributed by atoms with E-state index in [1.165, 1.54) is 26.2 Å². The van der Waals surface area contributed by atoms with Crippen molar-refractivity contribution in [2.75, 3.05) is 19.4 Å². The fourth-order valence-electron chi connectivity index (χ4n) is 2.08. The molecule has 8 heteroatoms. The lowest BCUT2D eigenvalue weighted by molar-refractivity contribution is 0.0977. The molecule has 2 aromatic rings. The molecule has 0 aromatic heterocycles. The molecule has 0 aliphatic carbocycles. The highest BCUT2D eigenvalue weighted by Crippen LogP contribution is 2.16. The molecule has 2 N–H and O–H groups in total. The van der Waals surface area contributed by atoms with Crippen LogP contribution in [-0.2, 0) is 10.0 Å². The van der Waals surface area contributed by atoms with Gasteiger partial charge >= 0.3 is 0 Å². The summed E-state index contributed by atoms with van der Waals surface area (Å²) in [6, 6.07) is 13.3. The van der Waals surface area contributed by atoms with Crippen molar-refractivity contribution >= 4 is 38.9 Å². The van der Waals surface area contributed by atoms with E-state index in [1.54, 1.807) is 24.3 Å². The minimum Gasteiger partial charge on any atom is -0.332 e. The van der Waals surface area contributed by atoms with Gasteiger partial charge in [-0.1, -0.05) is 18.2 Å². The van der Waals surface area contributed by atoms with Crippen molar-refractivity contribution in [2.24, 2.45) is 0 Å². The third kappa shape index (κ3) is 4.62. The summed E-state index contributed by atoms with van der Waals surface area (Å²) in [5, 5.41) is 5.60. The first-order chi connectivity index (χ1) is 11.7. The molecule has 0 fully saturated rings. The number of benzene rings is 2. The van der Waals surface area contributed by atoms with E-state index < -0.39 is 10.0 Å². The monoisotopic (exact) mass is 377 g/mol. The van der Waals surface area contributed by atoms with E-state index in [4.69, 9.17) is 12.2 Å². The molecule has 0 aliphatic rings. The van der Waals surface area contributed by atoms with Gasteiger partial charge in [0.1, 0.15) is 0 Å². The van der Waals surface area contributed by atoms with Gasteiger partial charge in [0, 0.05) is 25.3 Å². The van der Waals surface area contributed by atoms with Crippen molar-refractivity contribution in [2.45, 2.75) is 11.8 Å². The molecule has 132 valence electrons. The van der Waals surface area contributed by atoms with Crippen LogP contribution in [-0.4, -0.2) is 37.8 Å². The quantitative estimate of drug-likeness (QED) is 0.800. The Morgan fingerprint density at radius 3 is 2.20 bits per heavy atom. The smallest absolute Gasteiger partial charge is 0.257 e. The highest BCUT2D eigenvalue weighted by atomic mass is 32.2. The van der Waals surface area contributed by atoms with Crippen LogP contribution in [0.25, 0.3) is 0 Å². The minimum atomic E-state index is -3.48. The predicted molar refractivity (Wildman–Crippen MR) is 102 cm³/mol. The average Bonchev–Trinajstić information content (AvgIpc) is 2.55. The van der Waals surface area contributed by atoms with Crippen molar-refractivity contribution in [3.05, 3.63) is 59.7 Å². The molecule has 0 saturated carbocycles. The maximum Gasteiger partial charge on any atom is 0.257 e. The summed E-state index contributed by atoms with van der Waals surface area (Å²) in [6.07, 6.45) is 0. The van der Waals surface area contributed by atoms with Crippen LogP contribution in [0.15, 0.2) is 53.4 Å². The van der Waals surface area contributed by atoms with Crippen LogP contribution < -0.4 is 10.6 Å². The first kappa shape index (κ1) is 19.0. The number of carbonyl (C=O) groups is 1. The summed E-state index contributed by atoms with van der Waals surface area (Å²) in [5.41, 5.74) is 1.97. The SMILES string of the molecule is Cc1ccccc1C(=O)NC(=S)Nc1ccc(S(=O)(=O)N(C)C)cc1. The van der Waals surface area contributed by atoms with Gasteiger partial charge in [0.15, 0.2) is 5.11 Å². The van der Waals surface area contributed by atoms with Crippen LogP contribution in [0.1, 0.15) is 15.9 Å². The van der Waals surface area contributed by atoms with Crippen LogP contribution in [0.5, 0.6) is 0 Å². The number of amides is 1. The number of thiocarbonyl (C=S) groups is 1. The molecule has 0 bridgehead atoms. The molecule has 6 nitrogen and oxygen atoms in total. The molecule has 0 atom stereocenters. The van der Waals surface area contributed by atoms with Gasteiger partial charge in [-0.2, -0.15) is 0 Å². The second-order valence-electron chi connectivity index (χ2n) is 5.53. The molecule has 1 amide bonds. The van der Waals surface area contributed by atoms with E-state index in [0.29, 0.717) is 11.3 Å². The largest absolute Gasteiger partial charge is 0.332 e. The van der Waals surface area contributed by atoms with Crippen LogP contribution >= 0.6 is 12.2 Å². The Morgan fingerprint density at radius 1 is 1.04 bits per heavy atom. The lowest BCUT2D eigenvalue weighted by Gasteiger charge is -2.13. The van der Waals surface area contributed by atoms with Crippen LogP contribution in [0.2, 0.25) is 0 Å². The van der Waals surface area contributed by atoms with E-state index in [9.17, 15) is 13.2 Å². The lowest BCUT2D eigenvalue weighted by atomic mass is 10.1. The Morgan fingerprint density at radius 2 is 1.64 bits per heavy atom. The standard InChI is InChI=1S/C17H19N3O3S2/c1-12-6-4-5-7-15(12)16(21)19-17(24)18-13-8-10-14(11-9-13)25(22,23)20(2)3/h4-11H,1-3H3,(H2,18,19,21,24). The van der Waals surface area contributed by atoms with Crippen molar-refractivity contribution in [3.8, 4) is 0 Å². The Bertz CT molecular complexity index is 892. The summed E-state index contributed by atoms with van der Waals surface area (Å²) >= 11 is 5.13. The number of carbonyl (C=O) groups excluding carboxylic acids is 1. The van der Waals surface area contributed by atoms with Crippen molar-refractivity contribution in [1.29, 1.82) is 0 Å². The fraction of sp³-hybridized carbons (Fsp3) is 0.176. The van der Waals surface area contributed by atoms with Gasteiger partial charge in [0.05, 0.1) is 4.90 Å². The number of hydrogen-bond acceptors (Lipinski definition) is 4. The Kier molecular flexibility index (Phi) is 5.89. The van der Waals surface area contributed by atoms with Gasteiger partial charge in [-0.25, -0.2) is 12.7 Å². The van der Waals surface area contributed by atoms with Gasteiger partial charge in [0.25, 0.3) is 5.91 Å². The summed E-state index contributed by atoms with van der Waals surface area (Å²) in [6.45, 7) is 1.84. The zero-order chi connectivity index (χ0) is 18.6. The molecule has 0 spiro atoms. The van der Waals surface area contributed by atoms with Crippen molar-refractivity contribution < 1.29 is 13.2 Å². The number of sulfonamides is 1. The van der Waals surface area contributed by atoms with E-state index in [0.717, 1.165) is 9.87 Å². The van der Waals surface area contributed by atoms with E-state index >= 15 is 0 Å². The van der Waals surface area contributed by atoms with Gasteiger partial charge in [-0.15, -0.1) is 0 Å². The molecule has 2 rings (SSSR count). The van der Waals surface area contributed by atoms with E-state index in [-0.39, 0.29) is 15.9 Å². The number of anilines is 1. The summed E-state index contributed by atoms with van der Waals surface area (Å²) in [4.78, 5) is 12.4. The predicted octanol–water partition coefficient (Wildman–Crippen LogP) is 2.37. The first-order valence-corrected chi connectivity index (χ1v) is 9.27. The second kappa shape index (κ2) is 7.73. The highest BCUT2D eigenvalue weighted by molar-refractivity contribution is 7.89. The zero-order valence-electron chi connectivity index (χ0n) is 14.1. The summed E-state index contributed by atoms with van der Waals surface area (Å²) < 4.78 is 25.2. The van der Waals surface area contributed by atoms with Gasteiger partial charge in [-0.3, -0.25) is 10.1 Å². The molecule has 0 saturated heterocycles. The minimum absolute atomic E-state index is 0.136. The number of nitrogens with one attached hydrogen (secondary N) is 2. The van der Waals surface area contributed by atoms with Crippen molar-refractivity contribution in [3.63, 3.8) is 0 Å². The third-order valence-electron chi connectivity index (χ3n) is 3.51. The molecule has 0 unspecified atom stereocenters. The maximum absolute atomic E-state index is 12.2. The normalized spacial score (nSPS) is 11.2. The topological polar surface area (TPSA) is 78.5 Å². The number of rotatable bonds is 4. The lowest BCUT2D eigenvalue weighted by Crippen LogP contribution is -2.34. The van der Waals surface area contributed by atoms with E-state index in [1.807, 2.05) is 19.1 Å². The van der Waals surface area contributed by atoms with Gasteiger partial charge in [0.2, 0.25) is 10.0 Å². The summed E-state index contributed by atoms with van der Waals surface area (Å²) in [7, 11) is -0.539. The first-order valence-electron chi connectivity index (χ1n) is 7.42. The third-order valence-corrected chi connectivity index (χ3v) is 5.54. The number of hydrogen-bond donors (Lipinski definition) is 2. The maximum atomic E-state index is 12.2. The van der Waals surface area contributed by atoms with E-state index in [2.05, 4.69) is 10.6 Å². The number of nitrogens with zero attached hydrogens (tertiary/aromatic N) is 1. The molecule has 0 radical (unpaired) electrons. The highest BCUT2D eigenvalue weighted by Gasteiger charge is 2.16. The van der Waals surface area contributed by atoms with Crippen molar-refractivity contribution in [1.82, 2.24) is 9.62 Å². The molecule has 2 aromatic carbocycles. The number of aryl methyl sites for hydroxylation is 1. The molecular formula is C17H19N3O3S2. The fourth-order valence-corrected chi connectivity index (χ4v) is 3.19. The Labute approximate surface area is 152 Å². The summed E-state index contributed by atoms with van der Waals surface area (Å²) in [5.74, 6) is -0.303. The molecule has 25 heavy (non-hydrogen) atoms. The Hall–Kier alpha value is -2.29. The molecule has 0 heterocycles. The van der Waals surface area contributed by atoms with Crippen LogP contribution in [0, 0.1) is 6.92 Å².